The average Bonchev–Trinajstić information content (AvgIpc) is 2.53. The Labute approximate surface area is 144 Å². The first-order chi connectivity index (χ1) is 10.6. The van der Waals surface area contributed by atoms with E-state index in [-0.39, 0.29) is 5.63 Å². The molecular weight excluding hydrogens is 389 g/mol. The van der Waals surface area contributed by atoms with Crippen molar-refractivity contribution in [3.63, 3.8) is 0 Å². The van der Waals surface area contributed by atoms with Crippen LogP contribution < -0.4 is 10.5 Å². The summed E-state index contributed by atoms with van der Waals surface area (Å²) in [7, 11) is 0. The number of rotatable bonds is 5. The number of hydrogen-bond acceptors (Lipinski definition) is 3. The first-order valence-corrected chi connectivity index (χ1v) is 8.49. The lowest BCUT2D eigenvalue weighted by Crippen LogP contribution is -2.21. The predicted molar refractivity (Wildman–Crippen MR) is 103 cm³/mol. The van der Waals surface area contributed by atoms with Gasteiger partial charge in [-0.2, -0.15) is 0 Å². The van der Waals surface area contributed by atoms with E-state index in [1.54, 1.807) is 6.08 Å². The normalized spacial score (nSPS) is 12.3. The zero-order valence-corrected chi connectivity index (χ0v) is 15.3. The molecule has 0 spiro atoms. The number of nitrogens with zero attached hydrogens (tertiary/aromatic N) is 1. The van der Waals surface area contributed by atoms with E-state index in [1.165, 1.54) is 0 Å². The van der Waals surface area contributed by atoms with Crippen molar-refractivity contribution < 1.29 is 4.42 Å². The quantitative estimate of drug-likeness (QED) is 0.396. The van der Waals surface area contributed by atoms with Crippen molar-refractivity contribution in [1.29, 1.82) is 0 Å². The summed E-state index contributed by atoms with van der Waals surface area (Å²) in [4.78, 5) is 14.3. The van der Waals surface area contributed by atoms with Crippen LogP contribution in [0.4, 0.5) is 5.69 Å². The van der Waals surface area contributed by atoms with Gasteiger partial charge in [0.25, 0.3) is 0 Å². The van der Waals surface area contributed by atoms with Gasteiger partial charge in [-0.25, -0.2) is 4.79 Å². The first kappa shape index (κ1) is 16.8. The number of benzene rings is 1. The fraction of sp³-hybridized carbons (Fsp3) is 0.278. The Morgan fingerprint density at radius 2 is 2.00 bits per heavy atom. The van der Waals surface area contributed by atoms with E-state index in [0.717, 1.165) is 27.7 Å². The molecule has 22 heavy (non-hydrogen) atoms. The van der Waals surface area contributed by atoms with Crippen molar-refractivity contribution in [3.05, 3.63) is 56.0 Å². The lowest BCUT2D eigenvalue weighted by atomic mass is 10.1. The number of halogens is 1. The standard InChI is InChI=1S/C18H20INO2/c1-4-15(19)9-7-14-11-13-8-10-16(20(5-2)6-3)12-17(13)22-18(14)21/h4,7-12H,5-6H2,1-3H3/b9-7+,15-4-. The summed E-state index contributed by atoms with van der Waals surface area (Å²) in [6.45, 7) is 8.04. The van der Waals surface area contributed by atoms with Crippen LogP contribution in [0.25, 0.3) is 17.0 Å². The van der Waals surface area contributed by atoms with Gasteiger partial charge in [-0.1, -0.05) is 6.08 Å². The van der Waals surface area contributed by atoms with E-state index < -0.39 is 0 Å². The molecule has 0 saturated heterocycles. The van der Waals surface area contributed by atoms with Crippen molar-refractivity contribution in [3.8, 4) is 0 Å². The summed E-state index contributed by atoms with van der Waals surface area (Å²) < 4.78 is 6.56. The molecule has 1 heterocycles. The fourth-order valence-electron chi connectivity index (χ4n) is 2.28. The topological polar surface area (TPSA) is 33.5 Å². The van der Waals surface area contributed by atoms with Crippen molar-refractivity contribution in [2.75, 3.05) is 18.0 Å². The maximum Gasteiger partial charge on any atom is 0.343 e. The smallest absolute Gasteiger partial charge is 0.343 e. The largest absolute Gasteiger partial charge is 0.422 e. The number of hydrogen-bond donors (Lipinski definition) is 0. The molecule has 0 aliphatic heterocycles. The Morgan fingerprint density at radius 3 is 2.64 bits per heavy atom. The molecule has 0 saturated carbocycles. The van der Waals surface area contributed by atoms with Crippen LogP contribution in [0.2, 0.25) is 0 Å². The molecule has 3 nitrogen and oxygen atoms in total. The lowest BCUT2D eigenvalue weighted by molar-refractivity contribution is 0.559. The Morgan fingerprint density at radius 1 is 1.27 bits per heavy atom. The van der Waals surface area contributed by atoms with Gasteiger partial charge in [-0.3, -0.25) is 0 Å². The summed E-state index contributed by atoms with van der Waals surface area (Å²) in [6.07, 6.45) is 5.68. The minimum atomic E-state index is -0.305. The second-order valence-corrected chi connectivity index (χ2v) is 6.14. The van der Waals surface area contributed by atoms with Gasteiger partial charge in [0.2, 0.25) is 0 Å². The van der Waals surface area contributed by atoms with Crippen molar-refractivity contribution in [2.24, 2.45) is 0 Å². The van der Waals surface area contributed by atoms with Gasteiger partial charge < -0.3 is 9.32 Å². The van der Waals surface area contributed by atoms with Crippen LogP contribution in [0.5, 0.6) is 0 Å². The molecule has 0 aliphatic rings. The van der Waals surface area contributed by atoms with Gasteiger partial charge in [-0.15, -0.1) is 0 Å². The van der Waals surface area contributed by atoms with Crippen LogP contribution in [0, 0.1) is 0 Å². The van der Waals surface area contributed by atoms with E-state index in [9.17, 15) is 4.79 Å². The van der Waals surface area contributed by atoms with Gasteiger partial charge in [0.1, 0.15) is 5.58 Å². The third-order valence-corrected chi connectivity index (χ3v) is 4.56. The minimum absolute atomic E-state index is 0.305. The second kappa shape index (κ2) is 7.63. The third-order valence-electron chi connectivity index (χ3n) is 3.57. The molecular formula is C18H20INO2. The average molecular weight is 409 g/mol. The van der Waals surface area contributed by atoms with Crippen molar-refractivity contribution in [1.82, 2.24) is 0 Å². The zero-order valence-electron chi connectivity index (χ0n) is 13.1. The van der Waals surface area contributed by atoms with E-state index in [0.29, 0.717) is 11.1 Å². The summed E-state index contributed by atoms with van der Waals surface area (Å²) in [5.41, 5.74) is 1.97. The summed E-state index contributed by atoms with van der Waals surface area (Å²) in [5.74, 6) is 0. The van der Waals surface area contributed by atoms with Crippen LogP contribution in [0.1, 0.15) is 26.3 Å². The molecule has 0 N–H and O–H groups in total. The van der Waals surface area contributed by atoms with E-state index in [4.69, 9.17) is 4.42 Å². The SMILES string of the molecule is C/C=C(I)/C=C/c1cc2ccc(N(CC)CC)cc2oc1=O. The zero-order chi connectivity index (χ0) is 16.1. The van der Waals surface area contributed by atoms with Crippen molar-refractivity contribution in [2.45, 2.75) is 20.8 Å². The molecule has 116 valence electrons. The third kappa shape index (κ3) is 3.80. The summed E-state index contributed by atoms with van der Waals surface area (Å²) >= 11 is 2.22. The van der Waals surface area contributed by atoms with Crippen LogP contribution in [0.15, 0.2) is 49.2 Å². The molecule has 0 amide bonds. The Balaban J connectivity index is 2.46. The fourth-order valence-corrected chi connectivity index (χ4v) is 2.46. The molecule has 0 aliphatic carbocycles. The Kier molecular flexibility index (Phi) is 5.83. The number of allylic oxidation sites excluding steroid dienone is 3. The summed E-state index contributed by atoms with van der Waals surface area (Å²) in [5, 5.41) is 0.936. The molecule has 0 bridgehead atoms. The lowest BCUT2D eigenvalue weighted by Gasteiger charge is -2.20. The highest BCUT2D eigenvalue weighted by Gasteiger charge is 2.07. The molecule has 1 aromatic carbocycles. The van der Waals surface area contributed by atoms with Gasteiger partial charge in [0.15, 0.2) is 0 Å². The highest BCUT2D eigenvalue weighted by atomic mass is 127. The van der Waals surface area contributed by atoms with E-state index in [1.807, 2.05) is 37.3 Å². The van der Waals surface area contributed by atoms with Crippen LogP contribution in [-0.2, 0) is 0 Å². The minimum Gasteiger partial charge on any atom is -0.422 e. The van der Waals surface area contributed by atoms with Gasteiger partial charge >= 0.3 is 5.63 Å². The first-order valence-electron chi connectivity index (χ1n) is 7.41. The maximum atomic E-state index is 12.1. The molecule has 0 radical (unpaired) electrons. The molecule has 2 rings (SSSR count). The van der Waals surface area contributed by atoms with Crippen molar-refractivity contribution >= 4 is 45.3 Å². The van der Waals surface area contributed by atoms with Gasteiger partial charge in [-0.05, 0) is 73.7 Å². The molecule has 1 aromatic heterocycles. The van der Waals surface area contributed by atoms with Crippen LogP contribution >= 0.6 is 22.6 Å². The van der Waals surface area contributed by atoms with Crippen LogP contribution in [-0.4, -0.2) is 13.1 Å². The van der Waals surface area contributed by atoms with Crippen LogP contribution in [0.3, 0.4) is 0 Å². The molecule has 0 unspecified atom stereocenters. The monoisotopic (exact) mass is 409 g/mol. The molecule has 4 heteroatoms. The Hall–Kier alpha value is -1.56. The second-order valence-electron chi connectivity index (χ2n) is 4.89. The van der Waals surface area contributed by atoms with E-state index in [2.05, 4.69) is 47.4 Å². The highest BCUT2D eigenvalue weighted by molar-refractivity contribution is 14.1. The highest BCUT2D eigenvalue weighted by Crippen LogP contribution is 2.22. The Bertz CT molecular complexity index is 770. The van der Waals surface area contributed by atoms with Gasteiger partial charge in [0.05, 0.1) is 5.56 Å². The summed E-state index contributed by atoms with van der Waals surface area (Å²) in [6, 6.07) is 7.89. The number of fused-ring (bicyclic) bond motifs is 1. The maximum absolute atomic E-state index is 12.1. The van der Waals surface area contributed by atoms with Gasteiger partial charge in [0, 0.05) is 33.8 Å². The molecule has 2 aromatic rings. The van der Waals surface area contributed by atoms with E-state index >= 15 is 0 Å². The predicted octanol–water partition coefficient (Wildman–Crippen LogP) is 4.99. The molecule has 0 atom stereocenters. The molecule has 0 fully saturated rings. The number of anilines is 1.